The van der Waals surface area contributed by atoms with Crippen molar-refractivity contribution in [3.05, 3.63) is 54.1 Å². The first-order chi connectivity index (χ1) is 12.6. The maximum Gasteiger partial charge on any atom is 0.234 e. The Hall–Kier alpha value is -2.45. The fourth-order valence-corrected chi connectivity index (χ4v) is 3.30. The van der Waals surface area contributed by atoms with Crippen LogP contribution in [0.3, 0.4) is 0 Å². The minimum absolute atomic E-state index is 0.0926. The van der Waals surface area contributed by atoms with E-state index in [9.17, 15) is 13.6 Å². The Morgan fingerprint density at radius 1 is 1.23 bits per heavy atom. The second-order valence-electron chi connectivity index (χ2n) is 5.49. The number of nitrogens with one attached hydrogen (secondary N) is 1. The van der Waals surface area contributed by atoms with Gasteiger partial charge in [-0.15, -0.1) is 0 Å². The molecule has 0 bridgehead atoms. The van der Waals surface area contributed by atoms with Gasteiger partial charge in [0.1, 0.15) is 0 Å². The second kappa shape index (κ2) is 8.29. The SMILES string of the molecule is COCCn1c(SCC(=O)Nc2ccc(F)c(F)c2)nc2ccccc21. The van der Waals surface area contributed by atoms with E-state index in [1.165, 1.54) is 17.8 Å². The smallest absolute Gasteiger partial charge is 0.234 e. The van der Waals surface area contributed by atoms with Gasteiger partial charge in [-0.3, -0.25) is 4.79 Å². The van der Waals surface area contributed by atoms with Gasteiger partial charge in [0.2, 0.25) is 5.91 Å². The normalized spacial score (nSPS) is 11.0. The molecule has 0 unspecified atom stereocenters. The Morgan fingerprint density at radius 2 is 2.04 bits per heavy atom. The van der Waals surface area contributed by atoms with Gasteiger partial charge in [-0.05, 0) is 24.3 Å². The summed E-state index contributed by atoms with van der Waals surface area (Å²) in [5.41, 5.74) is 2.02. The first kappa shape index (κ1) is 18.3. The van der Waals surface area contributed by atoms with Gasteiger partial charge in [-0.1, -0.05) is 23.9 Å². The van der Waals surface area contributed by atoms with E-state index in [4.69, 9.17) is 4.74 Å². The standard InChI is InChI=1S/C18H17F2N3O2S/c1-25-9-8-23-16-5-3-2-4-15(16)22-18(23)26-11-17(24)21-12-6-7-13(19)14(20)10-12/h2-7,10H,8-9,11H2,1H3,(H,21,24). The van der Waals surface area contributed by atoms with Crippen molar-refractivity contribution >= 4 is 34.4 Å². The number of methoxy groups -OCH3 is 1. The van der Waals surface area contributed by atoms with E-state index >= 15 is 0 Å². The minimum atomic E-state index is -1.00. The van der Waals surface area contributed by atoms with E-state index in [1.54, 1.807) is 7.11 Å². The summed E-state index contributed by atoms with van der Waals surface area (Å²) in [6.45, 7) is 1.14. The number of benzene rings is 2. The van der Waals surface area contributed by atoms with Crippen LogP contribution in [0, 0.1) is 11.6 Å². The number of carbonyl (C=O) groups is 1. The summed E-state index contributed by atoms with van der Waals surface area (Å²) in [6.07, 6.45) is 0. The maximum atomic E-state index is 13.2. The van der Waals surface area contributed by atoms with Crippen LogP contribution < -0.4 is 5.32 Å². The van der Waals surface area contributed by atoms with E-state index in [2.05, 4.69) is 10.3 Å². The Balaban J connectivity index is 1.70. The zero-order chi connectivity index (χ0) is 18.5. The van der Waals surface area contributed by atoms with Gasteiger partial charge in [0.05, 0.1) is 23.4 Å². The summed E-state index contributed by atoms with van der Waals surface area (Å²) in [5, 5.41) is 3.25. The number of carbonyl (C=O) groups excluding carboxylic acids is 1. The number of nitrogens with zero attached hydrogens (tertiary/aromatic N) is 2. The molecule has 1 heterocycles. The summed E-state index contributed by atoms with van der Waals surface area (Å²) in [6, 6.07) is 10.9. The van der Waals surface area contributed by atoms with Crippen molar-refractivity contribution in [3.8, 4) is 0 Å². The fraction of sp³-hybridized carbons (Fsp3) is 0.222. The van der Waals surface area contributed by atoms with Crippen LogP contribution in [0.15, 0.2) is 47.6 Å². The van der Waals surface area contributed by atoms with Crippen molar-refractivity contribution in [2.24, 2.45) is 0 Å². The number of fused-ring (bicyclic) bond motifs is 1. The summed E-state index contributed by atoms with van der Waals surface area (Å²) in [7, 11) is 1.63. The van der Waals surface area contributed by atoms with Crippen molar-refractivity contribution in [1.29, 1.82) is 0 Å². The van der Waals surface area contributed by atoms with Crippen LogP contribution in [-0.2, 0) is 16.1 Å². The maximum absolute atomic E-state index is 13.2. The number of halogens is 2. The third-order valence-corrected chi connectivity index (χ3v) is 4.65. The van der Waals surface area contributed by atoms with Gasteiger partial charge >= 0.3 is 0 Å². The average molecular weight is 377 g/mol. The third-order valence-electron chi connectivity index (χ3n) is 3.67. The topological polar surface area (TPSA) is 56.1 Å². The highest BCUT2D eigenvalue weighted by molar-refractivity contribution is 7.99. The van der Waals surface area contributed by atoms with Crippen molar-refractivity contribution in [1.82, 2.24) is 9.55 Å². The predicted molar refractivity (Wildman–Crippen MR) is 97.3 cm³/mol. The van der Waals surface area contributed by atoms with Gasteiger partial charge in [-0.25, -0.2) is 13.8 Å². The van der Waals surface area contributed by atoms with Crippen LogP contribution in [-0.4, -0.2) is 34.9 Å². The molecule has 0 atom stereocenters. The van der Waals surface area contributed by atoms with Crippen LogP contribution in [0.2, 0.25) is 0 Å². The first-order valence-electron chi connectivity index (χ1n) is 7.90. The fourth-order valence-electron chi connectivity index (χ4n) is 2.46. The molecule has 2 aromatic carbocycles. The molecule has 0 saturated heterocycles. The van der Waals surface area contributed by atoms with Crippen LogP contribution in [0.4, 0.5) is 14.5 Å². The van der Waals surface area contributed by atoms with Crippen molar-refractivity contribution in [2.75, 3.05) is 24.8 Å². The van der Waals surface area contributed by atoms with E-state index < -0.39 is 11.6 Å². The highest BCUT2D eigenvalue weighted by Gasteiger charge is 2.13. The van der Waals surface area contributed by atoms with Crippen molar-refractivity contribution in [2.45, 2.75) is 11.7 Å². The molecule has 0 radical (unpaired) electrons. The molecule has 0 saturated carbocycles. The number of imidazole rings is 1. The first-order valence-corrected chi connectivity index (χ1v) is 8.89. The molecule has 3 aromatic rings. The van der Waals surface area contributed by atoms with Crippen LogP contribution >= 0.6 is 11.8 Å². The minimum Gasteiger partial charge on any atom is -0.383 e. The molecule has 0 aliphatic carbocycles. The predicted octanol–water partition coefficient (Wildman–Crippen LogP) is 3.69. The zero-order valence-electron chi connectivity index (χ0n) is 14.0. The molecule has 1 amide bonds. The number of rotatable bonds is 7. The molecule has 0 aliphatic rings. The number of anilines is 1. The molecular formula is C18H17F2N3O2S. The van der Waals surface area contributed by atoms with Gasteiger partial charge in [0.15, 0.2) is 16.8 Å². The summed E-state index contributed by atoms with van der Waals surface area (Å²) < 4.78 is 33.3. The number of aromatic nitrogens is 2. The lowest BCUT2D eigenvalue weighted by Crippen LogP contribution is -2.15. The molecule has 136 valence electrons. The average Bonchev–Trinajstić information content (AvgIpc) is 2.99. The number of amides is 1. The number of ether oxygens (including phenoxy) is 1. The number of thioether (sulfide) groups is 1. The number of hydrogen-bond donors (Lipinski definition) is 1. The Kier molecular flexibility index (Phi) is 5.85. The van der Waals surface area contributed by atoms with Gasteiger partial charge in [0, 0.05) is 25.4 Å². The second-order valence-corrected chi connectivity index (χ2v) is 6.44. The van der Waals surface area contributed by atoms with E-state index in [-0.39, 0.29) is 17.3 Å². The van der Waals surface area contributed by atoms with Crippen LogP contribution in [0.5, 0.6) is 0 Å². The molecule has 5 nitrogen and oxygen atoms in total. The van der Waals surface area contributed by atoms with E-state index in [0.717, 1.165) is 23.2 Å². The van der Waals surface area contributed by atoms with E-state index in [0.29, 0.717) is 18.3 Å². The van der Waals surface area contributed by atoms with Gasteiger partial charge in [0.25, 0.3) is 0 Å². The Bertz CT molecular complexity index is 930. The highest BCUT2D eigenvalue weighted by Crippen LogP contribution is 2.24. The van der Waals surface area contributed by atoms with Crippen LogP contribution in [0.25, 0.3) is 11.0 Å². The molecular weight excluding hydrogens is 360 g/mol. The third kappa shape index (κ3) is 4.20. The largest absolute Gasteiger partial charge is 0.383 e. The van der Waals surface area contributed by atoms with Gasteiger partial charge in [-0.2, -0.15) is 0 Å². The zero-order valence-corrected chi connectivity index (χ0v) is 14.9. The van der Waals surface area contributed by atoms with E-state index in [1.807, 2.05) is 28.8 Å². The number of hydrogen-bond acceptors (Lipinski definition) is 4. The Labute approximate surface area is 153 Å². The lowest BCUT2D eigenvalue weighted by molar-refractivity contribution is -0.113. The summed E-state index contributed by atoms with van der Waals surface area (Å²) in [5.74, 6) is -2.19. The van der Waals surface area contributed by atoms with Gasteiger partial charge < -0.3 is 14.6 Å². The summed E-state index contributed by atoms with van der Waals surface area (Å²) in [4.78, 5) is 16.7. The molecule has 0 fully saturated rings. The van der Waals surface area contributed by atoms with Crippen LogP contribution in [0.1, 0.15) is 0 Å². The molecule has 0 aliphatic heterocycles. The lowest BCUT2D eigenvalue weighted by atomic mass is 10.3. The quantitative estimate of drug-likeness (QED) is 0.638. The molecule has 1 aromatic heterocycles. The molecule has 0 spiro atoms. The van der Waals surface area contributed by atoms with Crippen molar-refractivity contribution < 1.29 is 18.3 Å². The Morgan fingerprint density at radius 3 is 2.81 bits per heavy atom. The molecule has 1 N–H and O–H groups in total. The molecule has 3 rings (SSSR count). The monoisotopic (exact) mass is 377 g/mol. The molecule has 26 heavy (non-hydrogen) atoms. The molecule has 8 heteroatoms. The highest BCUT2D eigenvalue weighted by atomic mass is 32.2. The lowest BCUT2D eigenvalue weighted by Gasteiger charge is -2.09. The number of para-hydroxylation sites is 2. The summed E-state index contributed by atoms with van der Waals surface area (Å²) >= 11 is 1.27. The van der Waals surface area contributed by atoms with Crippen molar-refractivity contribution in [3.63, 3.8) is 0 Å².